The summed E-state index contributed by atoms with van der Waals surface area (Å²) in [5.41, 5.74) is 0. The summed E-state index contributed by atoms with van der Waals surface area (Å²) < 4.78 is 0. The highest BCUT2D eigenvalue weighted by Crippen LogP contribution is 2.22. The van der Waals surface area contributed by atoms with E-state index >= 15 is 0 Å². The van der Waals surface area contributed by atoms with E-state index in [2.05, 4.69) is 32.6 Å². The molecule has 0 radical (unpaired) electrons. The Kier molecular flexibility index (Phi) is 5.52. The molecule has 0 unspecified atom stereocenters. The van der Waals surface area contributed by atoms with E-state index < -0.39 is 0 Å². The zero-order valence-corrected chi connectivity index (χ0v) is 11.6. The molecule has 1 rings (SSSR count). The minimum absolute atomic E-state index is 0.261. The van der Waals surface area contributed by atoms with E-state index in [1.165, 1.54) is 6.54 Å². The lowest BCUT2D eigenvalue weighted by molar-refractivity contribution is 0.185. The molecule has 0 aromatic rings. The molecule has 0 saturated carbocycles. The first-order valence-corrected chi connectivity index (χ1v) is 8.82. The predicted molar refractivity (Wildman–Crippen MR) is 66.4 cm³/mol. The van der Waals surface area contributed by atoms with Crippen molar-refractivity contribution in [2.45, 2.75) is 68.5 Å². The quantitative estimate of drug-likeness (QED) is 0.630. The van der Waals surface area contributed by atoms with E-state index in [9.17, 15) is 0 Å². The van der Waals surface area contributed by atoms with Crippen LogP contribution in [0, 0.1) is 0 Å². The first kappa shape index (κ1) is 12.6. The lowest BCUT2D eigenvalue weighted by Crippen LogP contribution is -2.38. The first-order valence-electron chi connectivity index (χ1n) is 6.37. The highest BCUT2D eigenvalue weighted by atomic mass is 27.2. The van der Waals surface area contributed by atoms with Crippen LogP contribution in [0.2, 0.25) is 15.8 Å². The van der Waals surface area contributed by atoms with Crippen LogP contribution in [-0.2, 0) is 0 Å². The maximum Gasteiger partial charge on any atom is 0.263 e. The normalized spacial score (nSPS) is 17.8. The first-order chi connectivity index (χ1) is 6.61. The van der Waals surface area contributed by atoms with Crippen LogP contribution in [0.1, 0.15) is 40.5 Å². The Morgan fingerprint density at radius 3 is 1.93 bits per heavy atom. The van der Waals surface area contributed by atoms with E-state index in [0.717, 1.165) is 12.1 Å². The summed E-state index contributed by atoms with van der Waals surface area (Å²) in [7, 11) is 0. The zero-order chi connectivity index (χ0) is 10.6. The summed E-state index contributed by atoms with van der Waals surface area (Å²) in [4.78, 5) is 2.66. The Bertz CT molecular complexity index is 142. The van der Waals surface area contributed by atoms with Gasteiger partial charge < -0.3 is 0 Å². The van der Waals surface area contributed by atoms with Crippen LogP contribution in [-0.4, -0.2) is 37.7 Å². The number of hydrogen-bond acceptors (Lipinski definition) is 1. The lowest BCUT2D eigenvalue weighted by Gasteiger charge is -2.31. The smallest absolute Gasteiger partial charge is 0.263 e. The van der Waals surface area contributed by atoms with Gasteiger partial charge in [-0.05, 0) is 34.2 Å². The number of hydrogen-bond donors (Lipinski definition) is 0. The molecule has 0 aromatic heterocycles. The maximum atomic E-state index is 2.66. The van der Waals surface area contributed by atoms with Crippen molar-refractivity contribution in [3.63, 3.8) is 0 Å². The summed E-state index contributed by atoms with van der Waals surface area (Å²) in [5.74, 6) is 0. The third-order valence-corrected chi connectivity index (χ3v) is 7.12. The Balaban J connectivity index is 2.25. The summed E-state index contributed by atoms with van der Waals surface area (Å²) in [6.07, 6.45) is 3.08. The van der Waals surface area contributed by atoms with Gasteiger partial charge in [0.2, 0.25) is 0 Å². The van der Waals surface area contributed by atoms with Crippen LogP contribution in [0.4, 0.5) is 0 Å². The molecular weight excluding hydrogens is 185 g/mol. The van der Waals surface area contributed by atoms with Gasteiger partial charge in [0.05, 0.1) is 0 Å². The number of rotatable bonds is 5. The Hall–Kier alpha value is 0.492. The predicted octanol–water partition coefficient (Wildman–Crippen LogP) is 3.39. The van der Waals surface area contributed by atoms with Gasteiger partial charge in [0.25, 0.3) is 14.1 Å². The van der Waals surface area contributed by atoms with Crippen molar-refractivity contribution >= 4 is 14.1 Å². The molecule has 0 bridgehead atoms. The molecule has 1 fully saturated rings. The third-order valence-electron chi connectivity index (χ3n) is 3.60. The second-order valence-electron chi connectivity index (χ2n) is 5.36. The average molecular weight is 211 g/mol. The van der Waals surface area contributed by atoms with Crippen molar-refractivity contribution in [3.8, 4) is 0 Å². The largest absolute Gasteiger partial charge is 0.300 e. The molecule has 0 aromatic carbocycles. The lowest BCUT2D eigenvalue weighted by atomic mass is 10.2. The van der Waals surface area contributed by atoms with Gasteiger partial charge in [0.1, 0.15) is 0 Å². The molecular formula is C12H26AlN. The van der Waals surface area contributed by atoms with Gasteiger partial charge in [-0.3, -0.25) is 4.90 Å². The molecule has 1 heterocycles. The van der Waals surface area contributed by atoms with Crippen LogP contribution in [0.3, 0.4) is 0 Å². The van der Waals surface area contributed by atoms with Gasteiger partial charge in [-0.25, -0.2) is 0 Å². The summed E-state index contributed by atoms with van der Waals surface area (Å²) in [5, 5.41) is 4.82. The molecule has 0 aliphatic carbocycles. The maximum absolute atomic E-state index is 2.66. The van der Waals surface area contributed by atoms with Crippen LogP contribution >= 0.6 is 0 Å². The van der Waals surface area contributed by atoms with Gasteiger partial charge in [-0.2, -0.15) is 0 Å². The van der Waals surface area contributed by atoms with E-state index in [1.807, 2.05) is 0 Å². The fourth-order valence-corrected chi connectivity index (χ4v) is 6.00. The van der Waals surface area contributed by atoms with E-state index in [-0.39, 0.29) is 14.1 Å². The molecule has 1 saturated heterocycles. The van der Waals surface area contributed by atoms with Crippen LogP contribution in [0.25, 0.3) is 0 Å². The van der Waals surface area contributed by atoms with E-state index in [4.69, 9.17) is 0 Å². The van der Waals surface area contributed by atoms with Crippen LogP contribution in [0.15, 0.2) is 0 Å². The highest BCUT2D eigenvalue weighted by Gasteiger charge is 2.23. The topological polar surface area (TPSA) is 3.24 Å². The molecule has 1 nitrogen and oxygen atoms in total. The summed E-state index contributed by atoms with van der Waals surface area (Å²) >= 11 is -0.261. The summed E-state index contributed by atoms with van der Waals surface area (Å²) in [6.45, 7) is 10.7. The zero-order valence-electron chi connectivity index (χ0n) is 10.4. The van der Waals surface area contributed by atoms with Crippen molar-refractivity contribution < 1.29 is 0 Å². The van der Waals surface area contributed by atoms with E-state index in [0.29, 0.717) is 0 Å². The Morgan fingerprint density at radius 2 is 1.50 bits per heavy atom. The molecule has 14 heavy (non-hydrogen) atoms. The van der Waals surface area contributed by atoms with Gasteiger partial charge in [0, 0.05) is 12.1 Å². The van der Waals surface area contributed by atoms with E-state index in [1.54, 1.807) is 28.7 Å². The van der Waals surface area contributed by atoms with Crippen molar-refractivity contribution in [2.24, 2.45) is 0 Å². The van der Waals surface area contributed by atoms with Gasteiger partial charge >= 0.3 is 0 Å². The van der Waals surface area contributed by atoms with Gasteiger partial charge in [-0.15, -0.1) is 0 Å². The minimum Gasteiger partial charge on any atom is -0.300 e. The monoisotopic (exact) mass is 211 g/mol. The SMILES string of the molecule is CC(C)N(C[CH2][Al]1[CH2]CC[CH2]1)C(C)C. The molecule has 82 valence electrons. The highest BCUT2D eigenvalue weighted by molar-refractivity contribution is 6.59. The second-order valence-corrected chi connectivity index (χ2v) is 8.83. The van der Waals surface area contributed by atoms with Crippen molar-refractivity contribution in [1.82, 2.24) is 4.90 Å². The standard InChI is InChI=1S/C8H18N.C4H8.Al/c1-6-9(7(2)3)8(4)5;1-3-4-2;/h7-8H,1,6H2,2-5H3;1-4H2;. The molecule has 1 aliphatic rings. The summed E-state index contributed by atoms with van der Waals surface area (Å²) in [6, 6.07) is 1.45. The fourth-order valence-electron chi connectivity index (χ4n) is 2.74. The fraction of sp³-hybridized carbons (Fsp3) is 1.00. The molecule has 0 spiro atoms. The molecule has 0 amide bonds. The van der Waals surface area contributed by atoms with Gasteiger partial charge in [0.15, 0.2) is 0 Å². The second kappa shape index (κ2) is 6.16. The van der Waals surface area contributed by atoms with Gasteiger partial charge in [-0.1, -0.05) is 28.7 Å². The number of nitrogens with zero attached hydrogens (tertiary/aromatic N) is 1. The Morgan fingerprint density at radius 1 is 1.00 bits per heavy atom. The van der Waals surface area contributed by atoms with Crippen molar-refractivity contribution in [3.05, 3.63) is 0 Å². The van der Waals surface area contributed by atoms with Crippen LogP contribution in [0.5, 0.6) is 0 Å². The molecule has 0 atom stereocenters. The van der Waals surface area contributed by atoms with Crippen molar-refractivity contribution in [1.29, 1.82) is 0 Å². The third kappa shape index (κ3) is 3.93. The molecule has 2 heteroatoms. The van der Waals surface area contributed by atoms with Crippen LogP contribution < -0.4 is 0 Å². The average Bonchev–Trinajstić information content (AvgIpc) is 2.55. The Labute approximate surface area is 94.3 Å². The molecule has 1 aliphatic heterocycles. The molecule has 0 N–H and O–H groups in total. The minimum atomic E-state index is -0.261. The van der Waals surface area contributed by atoms with Crippen molar-refractivity contribution in [2.75, 3.05) is 6.54 Å².